The zero-order valence-corrected chi connectivity index (χ0v) is 10.9. The highest BCUT2D eigenvalue weighted by Gasteiger charge is 2.26. The third-order valence-electron chi connectivity index (χ3n) is 3.61. The molecule has 2 unspecified atom stereocenters. The van der Waals surface area contributed by atoms with E-state index >= 15 is 0 Å². The van der Waals surface area contributed by atoms with Gasteiger partial charge in [-0.3, -0.25) is 0 Å². The lowest BCUT2D eigenvalue weighted by Gasteiger charge is -2.18. The summed E-state index contributed by atoms with van der Waals surface area (Å²) in [6.07, 6.45) is 3.57. The third kappa shape index (κ3) is 3.35. The van der Waals surface area contributed by atoms with Gasteiger partial charge in [-0.2, -0.15) is 4.98 Å². The molecule has 1 heterocycles. The molecule has 0 aliphatic heterocycles. The fraction of sp³-hybridized carbons (Fsp3) is 0.643. The van der Waals surface area contributed by atoms with E-state index in [0.29, 0.717) is 30.9 Å². The number of ether oxygens (including phenoxy) is 1. The zero-order valence-electron chi connectivity index (χ0n) is 10.9. The number of aliphatic hydroxyl groups is 1. The maximum Gasteiger partial charge on any atom is 0.215 e. The van der Waals surface area contributed by atoms with Crippen molar-refractivity contribution in [1.29, 1.82) is 0 Å². The van der Waals surface area contributed by atoms with Crippen molar-refractivity contribution in [1.82, 2.24) is 4.98 Å². The number of aliphatic hydroxyl groups excluding tert-OH is 1. The molecule has 1 saturated carbocycles. The monoisotopic (exact) mass is 250 g/mol. The number of pyridine rings is 1. The highest BCUT2D eigenvalue weighted by molar-refractivity contribution is 5.37. The molecule has 4 heteroatoms. The SMILES string of the molecule is CCOc1cccc(NCC2CCCC2CO)n1. The topological polar surface area (TPSA) is 54.4 Å². The lowest BCUT2D eigenvalue weighted by Crippen LogP contribution is -2.21. The molecular formula is C14H22N2O2. The van der Waals surface area contributed by atoms with Crippen molar-refractivity contribution in [3.63, 3.8) is 0 Å². The number of anilines is 1. The summed E-state index contributed by atoms with van der Waals surface area (Å²) in [6.45, 7) is 3.77. The second kappa shape index (κ2) is 6.59. The van der Waals surface area contributed by atoms with Crippen LogP contribution in [0.3, 0.4) is 0 Å². The lowest BCUT2D eigenvalue weighted by molar-refractivity contribution is 0.199. The van der Waals surface area contributed by atoms with Gasteiger partial charge in [0.2, 0.25) is 5.88 Å². The van der Waals surface area contributed by atoms with Gasteiger partial charge in [0.15, 0.2) is 0 Å². The van der Waals surface area contributed by atoms with E-state index in [0.717, 1.165) is 18.8 Å². The summed E-state index contributed by atoms with van der Waals surface area (Å²) in [5.74, 6) is 2.53. The molecule has 0 amide bonds. The normalized spacial score (nSPS) is 23.0. The molecule has 1 aromatic rings. The summed E-state index contributed by atoms with van der Waals surface area (Å²) >= 11 is 0. The van der Waals surface area contributed by atoms with Crippen LogP contribution in [0.25, 0.3) is 0 Å². The van der Waals surface area contributed by atoms with Crippen LogP contribution < -0.4 is 10.1 Å². The average Bonchev–Trinajstić information content (AvgIpc) is 2.84. The second-order valence-corrected chi connectivity index (χ2v) is 4.81. The number of nitrogens with zero attached hydrogens (tertiary/aromatic N) is 1. The van der Waals surface area contributed by atoms with Gasteiger partial charge in [-0.1, -0.05) is 12.5 Å². The van der Waals surface area contributed by atoms with Gasteiger partial charge in [0.05, 0.1) is 6.61 Å². The minimum absolute atomic E-state index is 0.304. The molecule has 0 bridgehead atoms. The standard InChI is InChI=1S/C14H22N2O2/c1-2-18-14-8-4-7-13(16-14)15-9-11-5-3-6-12(11)10-17/h4,7-8,11-12,17H,2-3,5-6,9-10H2,1H3,(H,15,16). The Balaban J connectivity index is 1.87. The van der Waals surface area contributed by atoms with Crippen LogP contribution in [0.5, 0.6) is 5.88 Å². The van der Waals surface area contributed by atoms with Crippen LogP contribution in [0.15, 0.2) is 18.2 Å². The summed E-state index contributed by atoms with van der Waals surface area (Å²) < 4.78 is 5.37. The fourth-order valence-corrected chi connectivity index (χ4v) is 2.60. The Kier molecular flexibility index (Phi) is 4.81. The van der Waals surface area contributed by atoms with Crippen molar-refractivity contribution >= 4 is 5.82 Å². The van der Waals surface area contributed by atoms with Crippen molar-refractivity contribution < 1.29 is 9.84 Å². The molecule has 18 heavy (non-hydrogen) atoms. The van der Waals surface area contributed by atoms with E-state index in [1.54, 1.807) is 0 Å². The molecule has 2 rings (SSSR count). The van der Waals surface area contributed by atoms with Gasteiger partial charge >= 0.3 is 0 Å². The van der Waals surface area contributed by atoms with Gasteiger partial charge < -0.3 is 15.2 Å². The molecule has 1 aliphatic rings. The van der Waals surface area contributed by atoms with E-state index in [1.165, 1.54) is 12.8 Å². The number of hydrogen-bond donors (Lipinski definition) is 2. The molecule has 0 spiro atoms. The molecule has 0 saturated heterocycles. The van der Waals surface area contributed by atoms with Gasteiger partial charge in [-0.15, -0.1) is 0 Å². The minimum atomic E-state index is 0.304. The third-order valence-corrected chi connectivity index (χ3v) is 3.61. The predicted molar refractivity (Wildman–Crippen MR) is 71.8 cm³/mol. The van der Waals surface area contributed by atoms with E-state index in [9.17, 15) is 5.11 Å². The molecule has 100 valence electrons. The van der Waals surface area contributed by atoms with E-state index in [2.05, 4.69) is 10.3 Å². The molecule has 1 fully saturated rings. The van der Waals surface area contributed by atoms with Gasteiger partial charge in [0, 0.05) is 19.2 Å². The molecule has 1 aromatic heterocycles. The zero-order chi connectivity index (χ0) is 12.8. The maximum atomic E-state index is 9.28. The Bertz CT molecular complexity index is 371. The molecule has 4 nitrogen and oxygen atoms in total. The van der Waals surface area contributed by atoms with Crippen molar-refractivity contribution in [2.24, 2.45) is 11.8 Å². The Morgan fingerprint density at radius 2 is 2.22 bits per heavy atom. The van der Waals surface area contributed by atoms with Crippen LogP contribution in [-0.4, -0.2) is 29.8 Å². The maximum absolute atomic E-state index is 9.28. The van der Waals surface area contributed by atoms with Crippen LogP contribution in [0.2, 0.25) is 0 Å². The Morgan fingerprint density at radius 3 is 3.00 bits per heavy atom. The summed E-state index contributed by atoms with van der Waals surface area (Å²) in [7, 11) is 0. The van der Waals surface area contributed by atoms with Gasteiger partial charge in [-0.25, -0.2) is 0 Å². The van der Waals surface area contributed by atoms with Crippen molar-refractivity contribution in [3.8, 4) is 5.88 Å². The Hall–Kier alpha value is -1.29. The first-order valence-electron chi connectivity index (χ1n) is 6.78. The van der Waals surface area contributed by atoms with Crippen LogP contribution in [0.4, 0.5) is 5.82 Å². The van der Waals surface area contributed by atoms with E-state index in [1.807, 2.05) is 25.1 Å². The number of nitrogens with one attached hydrogen (secondary N) is 1. The molecule has 0 aromatic carbocycles. The number of aromatic nitrogens is 1. The van der Waals surface area contributed by atoms with Crippen molar-refractivity contribution in [2.45, 2.75) is 26.2 Å². The number of hydrogen-bond acceptors (Lipinski definition) is 4. The average molecular weight is 250 g/mol. The molecule has 1 aliphatic carbocycles. The highest BCUT2D eigenvalue weighted by Crippen LogP contribution is 2.31. The van der Waals surface area contributed by atoms with Crippen LogP contribution in [-0.2, 0) is 0 Å². The lowest BCUT2D eigenvalue weighted by atomic mass is 9.97. The molecule has 2 atom stereocenters. The van der Waals surface area contributed by atoms with Crippen LogP contribution >= 0.6 is 0 Å². The minimum Gasteiger partial charge on any atom is -0.478 e. The summed E-state index contributed by atoms with van der Waals surface area (Å²) in [6, 6.07) is 5.75. The largest absolute Gasteiger partial charge is 0.478 e. The van der Waals surface area contributed by atoms with Crippen LogP contribution in [0, 0.1) is 11.8 Å². The fourth-order valence-electron chi connectivity index (χ4n) is 2.60. The predicted octanol–water partition coefficient (Wildman–Crippen LogP) is 2.30. The van der Waals surface area contributed by atoms with Gasteiger partial charge in [-0.05, 0) is 37.7 Å². The summed E-state index contributed by atoms with van der Waals surface area (Å²) in [4.78, 5) is 4.38. The molecule has 2 N–H and O–H groups in total. The van der Waals surface area contributed by atoms with Gasteiger partial charge in [0.25, 0.3) is 0 Å². The van der Waals surface area contributed by atoms with Gasteiger partial charge in [0.1, 0.15) is 5.82 Å². The van der Waals surface area contributed by atoms with E-state index in [-0.39, 0.29) is 0 Å². The highest BCUT2D eigenvalue weighted by atomic mass is 16.5. The summed E-state index contributed by atoms with van der Waals surface area (Å²) in [5, 5.41) is 12.6. The summed E-state index contributed by atoms with van der Waals surface area (Å²) in [5.41, 5.74) is 0. The Labute approximate surface area is 108 Å². The van der Waals surface area contributed by atoms with Crippen LogP contribution in [0.1, 0.15) is 26.2 Å². The van der Waals surface area contributed by atoms with E-state index in [4.69, 9.17) is 4.74 Å². The van der Waals surface area contributed by atoms with Crippen molar-refractivity contribution in [2.75, 3.05) is 25.1 Å². The first-order chi connectivity index (χ1) is 8.83. The molecular weight excluding hydrogens is 228 g/mol. The quantitative estimate of drug-likeness (QED) is 0.813. The molecule has 0 radical (unpaired) electrons. The Morgan fingerprint density at radius 1 is 1.39 bits per heavy atom. The first kappa shape index (κ1) is 13.1. The van der Waals surface area contributed by atoms with Crippen molar-refractivity contribution in [3.05, 3.63) is 18.2 Å². The second-order valence-electron chi connectivity index (χ2n) is 4.81. The first-order valence-corrected chi connectivity index (χ1v) is 6.78. The van der Waals surface area contributed by atoms with E-state index < -0.39 is 0 Å². The smallest absolute Gasteiger partial charge is 0.215 e. The number of rotatable bonds is 6.